The van der Waals surface area contributed by atoms with Gasteiger partial charge in [0, 0.05) is 37.2 Å². The summed E-state index contributed by atoms with van der Waals surface area (Å²) in [5.74, 6) is 1.87. The zero-order valence-electron chi connectivity index (χ0n) is 16.1. The van der Waals surface area contributed by atoms with Crippen LogP contribution in [0.4, 0.5) is 0 Å². The van der Waals surface area contributed by atoms with Crippen molar-refractivity contribution in [3.63, 3.8) is 0 Å². The number of likely N-dealkylation sites (tertiary alicyclic amines) is 1. The number of benzene rings is 1. The highest BCUT2D eigenvalue weighted by Gasteiger charge is 2.31. The lowest BCUT2D eigenvalue weighted by atomic mass is 9.90. The molecule has 0 aliphatic carbocycles. The summed E-state index contributed by atoms with van der Waals surface area (Å²) in [5, 5.41) is 6.06. The molecule has 1 fully saturated rings. The first-order valence-electron chi connectivity index (χ1n) is 9.21. The van der Waals surface area contributed by atoms with Gasteiger partial charge in [-0.2, -0.15) is 0 Å². The SMILES string of the molecule is COc1cccc(CN2CCCC(C(NC(C)=O)c3nccs3)C2)c1OC. The third-order valence-electron chi connectivity index (χ3n) is 4.97. The number of aromatic nitrogens is 1. The van der Waals surface area contributed by atoms with E-state index in [1.165, 1.54) is 0 Å². The molecule has 7 heteroatoms. The molecule has 146 valence electrons. The Morgan fingerprint density at radius 1 is 1.41 bits per heavy atom. The van der Waals surface area contributed by atoms with Gasteiger partial charge in [-0.15, -0.1) is 11.3 Å². The predicted octanol–water partition coefficient (Wildman–Crippen LogP) is 3.25. The van der Waals surface area contributed by atoms with E-state index >= 15 is 0 Å². The molecule has 1 aromatic heterocycles. The Morgan fingerprint density at radius 2 is 2.26 bits per heavy atom. The molecule has 1 aliphatic rings. The van der Waals surface area contributed by atoms with E-state index in [9.17, 15) is 4.79 Å². The summed E-state index contributed by atoms with van der Waals surface area (Å²) in [4.78, 5) is 18.6. The minimum Gasteiger partial charge on any atom is -0.493 e. The van der Waals surface area contributed by atoms with Crippen molar-refractivity contribution in [1.82, 2.24) is 15.2 Å². The van der Waals surface area contributed by atoms with E-state index in [0.717, 1.165) is 54.5 Å². The van der Waals surface area contributed by atoms with Gasteiger partial charge in [-0.1, -0.05) is 12.1 Å². The molecule has 2 heterocycles. The summed E-state index contributed by atoms with van der Waals surface area (Å²) < 4.78 is 11.0. The molecule has 0 spiro atoms. The number of nitrogens with one attached hydrogen (secondary N) is 1. The molecule has 1 N–H and O–H groups in total. The lowest BCUT2D eigenvalue weighted by Crippen LogP contribution is -2.42. The van der Waals surface area contributed by atoms with Crippen LogP contribution in [0.1, 0.15) is 36.4 Å². The zero-order chi connectivity index (χ0) is 19.2. The van der Waals surface area contributed by atoms with Gasteiger partial charge in [0.05, 0.1) is 20.3 Å². The van der Waals surface area contributed by atoms with Crippen LogP contribution in [0, 0.1) is 5.92 Å². The van der Waals surface area contributed by atoms with Crippen LogP contribution in [0.2, 0.25) is 0 Å². The van der Waals surface area contributed by atoms with E-state index in [2.05, 4.69) is 21.3 Å². The molecule has 2 unspecified atom stereocenters. The quantitative estimate of drug-likeness (QED) is 0.788. The molecular formula is C20H27N3O3S. The molecule has 0 radical (unpaired) electrons. The smallest absolute Gasteiger partial charge is 0.217 e. The van der Waals surface area contributed by atoms with Crippen LogP contribution in [-0.2, 0) is 11.3 Å². The van der Waals surface area contributed by atoms with Crippen LogP contribution < -0.4 is 14.8 Å². The second kappa shape index (κ2) is 9.19. The van der Waals surface area contributed by atoms with Crippen molar-refractivity contribution in [2.24, 2.45) is 5.92 Å². The fourth-order valence-electron chi connectivity index (χ4n) is 3.81. The number of rotatable bonds is 7. The van der Waals surface area contributed by atoms with Crippen LogP contribution in [0.5, 0.6) is 11.5 Å². The molecular weight excluding hydrogens is 362 g/mol. The average Bonchev–Trinajstić information content (AvgIpc) is 3.20. The molecule has 3 rings (SSSR count). The maximum Gasteiger partial charge on any atom is 0.217 e. The summed E-state index contributed by atoms with van der Waals surface area (Å²) >= 11 is 1.60. The number of carbonyl (C=O) groups excluding carboxylic acids is 1. The Balaban J connectivity index is 1.75. The Morgan fingerprint density at radius 3 is 2.93 bits per heavy atom. The molecule has 2 atom stereocenters. The van der Waals surface area contributed by atoms with Gasteiger partial charge in [0.2, 0.25) is 5.91 Å². The van der Waals surface area contributed by atoms with Crippen LogP contribution >= 0.6 is 11.3 Å². The van der Waals surface area contributed by atoms with Gasteiger partial charge in [0.25, 0.3) is 0 Å². The van der Waals surface area contributed by atoms with Crippen LogP contribution in [0.15, 0.2) is 29.8 Å². The molecule has 1 aromatic carbocycles. The number of amides is 1. The summed E-state index contributed by atoms with van der Waals surface area (Å²) in [5.41, 5.74) is 1.11. The highest BCUT2D eigenvalue weighted by Crippen LogP contribution is 2.34. The number of hydrogen-bond donors (Lipinski definition) is 1. The van der Waals surface area contributed by atoms with E-state index < -0.39 is 0 Å². The fourth-order valence-corrected chi connectivity index (χ4v) is 4.60. The van der Waals surface area contributed by atoms with E-state index in [1.54, 1.807) is 38.7 Å². The van der Waals surface area contributed by atoms with Crippen molar-refractivity contribution in [3.8, 4) is 11.5 Å². The second-order valence-electron chi connectivity index (χ2n) is 6.84. The van der Waals surface area contributed by atoms with E-state index in [1.807, 2.05) is 17.5 Å². The van der Waals surface area contributed by atoms with Gasteiger partial charge in [-0.05, 0) is 31.4 Å². The number of methoxy groups -OCH3 is 2. The maximum absolute atomic E-state index is 11.7. The van der Waals surface area contributed by atoms with Crippen LogP contribution in [0.25, 0.3) is 0 Å². The largest absolute Gasteiger partial charge is 0.493 e. The molecule has 0 bridgehead atoms. The highest BCUT2D eigenvalue weighted by atomic mass is 32.1. The number of nitrogens with zero attached hydrogens (tertiary/aromatic N) is 2. The van der Waals surface area contributed by atoms with Crippen molar-refractivity contribution in [3.05, 3.63) is 40.3 Å². The number of ether oxygens (including phenoxy) is 2. The normalized spacial score (nSPS) is 18.7. The van der Waals surface area contributed by atoms with E-state index in [4.69, 9.17) is 9.47 Å². The Bertz CT molecular complexity index is 751. The summed E-state index contributed by atoms with van der Waals surface area (Å²) in [6.07, 6.45) is 3.98. The van der Waals surface area contributed by atoms with Crippen molar-refractivity contribution < 1.29 is 14.3 Å². The standard InChI is InChI=1S/C20H27N3O3S/c1-14(24)22-18(20-21-9-11-27-20)15-7-5-10-23(12-15)13-16-6-4-8-17(25-2)19(16)26-3/h4,6,8-9,11,15,18H,5,7,10,12-13H2,1-3H3,(H,22,24). The summed E-state index contributed by atoms with van der Waals surface area (Å²) in [7, 11) is 3.33. The van der Waals surface area contributed by atoms with E-state index in [0.29, 0.717) is 5.92 Å². The Hall–Kier alpha value is -2.12. The van der Waals surface area contributed by atoms with Crippen molar-refractivity contribution in [1.29, 1.82) is 0 Å². The second-order valence-corrected chi connectivity index (χ2v) is 7.76. The molecule has 27 heavy (non-hydrogen) atoms. The third-order valence-corrected chi connectivity index (χ3v) is 5.83. The lowest BCUT2D eigenvalue weighted by Gasteiger charge is -2.36. The molecule has 6 nitrogen and oxygen atoms in total. The van der Waals surface area contributed by atoms with Gasteiger partial charge >= 0.3 is 0 Å². The first kappa shape index (κ1) is 19.6. The van der Waals surface area contributed by atoms with Gasteiger partial charge in [-0.3, -0.25) is 9.69 Å². The Labute approximate surface area is 164 Å². The number of piperidine rings is 1. The topological polar surface area (TPSA) is 63.7 Å². The van der Waals surface area contributed by atoms with Crippen molar-refractivity contribution >= 4 is 17.2 Å². The number of hydrogen-bond acceptors (Lipinski definition) is 6. The number of thiazole rings is 1. The Kier molecular flexibility index (Phi) is 6.68. The van der Waals surface area contributed by atoms with Crippen molar-refractivity contribution in [2.75, 3.05) is 27.3 Å². The third kappa shape index (κ3) is 4.78. The fraction of sp³-hybridized carbons (Fsp3) is 0.500. The van der Waals surface area contributed by atoms with E-state index in [-0.39, 0.29) is 11.9 Å². The molecule has 0 saturated carbocycles. The summed E-state index contributed by atoms with van der Waals surface area (Å²) in [6.45, 7) is 4.30. The number of para-hydroxylation sites is 1. The van der Waals surface area contributed by atoms with Crippen LogP contribution in [-0.4, -0.2) is 43.1 Å². The highest BCUT2D eigenvalue weighted by molar-refractivity contribution is 7.09. The van der Waals surface area contributed by atoms with Crippen molar-refractivity contribution in [2.45, 2.75) is 32.4 Å². The molecule has 1 amide bonds. The predicted molar refractivity (Wildman–Crippen MR) is 106 cm³/mol. The average molecular weight is 390 g/mol. The zero-order valence-corrected chi connectivity index (χ0v) is 16.9. The maximum atomic E-state index is 11.7. The lowest BCUT2D eigenvalue weighted by molar-refractivity contribution is -0.120. The first-order chi connectivity index (χ1) is 13.1. The number of carbonyl (C=O) groups is 1. The first-order valence-corrected chi connectivity index (χ1v) is 10.1. The monoisotopic (exact) mass is 389 g/mol. The van der Waals surface area contributed by atoms with Gasteiger partial charge in [0.1, 0.15) is 5.01 Å². The van der Waals surface area contributed by atoms with Gasteiger partial charge in [0.15, 0.2) is 11.5 Å². The minimum atomic E-state index is -0.0301. The summed E-state index contributed by atoms with van der Waals surface area (Å²) in [6, 6.07) is 5.96. The van der Waals surface area contributed by atoms with Gasteiger partial charge in [-0.25, -0.2) is 4.98 Å². The molecule has 1 aliphatic heterocycles. The molecule has 1 saturated heterocycles. The van der Waals surface area contributed by atoms with Crippen LogP contribution in [0.3, 0.4) is 0 Å². The van der Waals surface area contributed by atoms with Gasteiger partial charge < -0.3 is 14.8 Å². The minimum absolute atomic E-state index is 0.0122. The molecule has 2 aromatic rings.